The highest BCUT2D eigenvalue weighted by Crippen LogP contribution is 2.36. The number of piperidine rings is 2. The summed E-state index contributed by atoms with van der Waals surface area (Å²) < 4.78 is 0. The Morgan fingerprint density at radius 3 is 1.05 bits per heavy atom. The van der Waals surface area contributed by atoms with E-state index in [4.69, 9.17) is 0 Å². The van der Waals surface area contributed by atoms with Crippen molar-refractivity contribution in [2.45, 2.75) is 102 Å². The maximum absolute atomic E-state index is 11.2. The van der Waals surface area contributed by atoms with Crippen LogP contribution in [0.15, 0.2) is 0 Å². The van der Waals surface area contributed by atoms with Crippen molar-refractivity contribution in [1.29, 1.82) is 0 Å². The molecule has 0 aliphatic carbocycles. The summed E-state index contributed by atoms with van der Waals surface area (Å²) in [6, 6.07) is 2.41. The van der Waals surface area contributed by atoms with Gasteiger partial charge in [0.1, 0.15) is 0 Å². The summed E-state index contributed by atoms with van der Waals surface area (Å²) in [6.07, 6.45) is 12.7. The van der Waals surface area contributed by atoms with Crippen molar-refractivity contribution in [2.75, 3.05) is 0 Å². The van der Waals surface area contributed by atoms with Gasteiger partial charge in [0, 0.05) is 38.0 Å². The lowest BCUT2D eigenvalue weighted by Crippen LogP contribution is -2.42. The Bertz CT molecular complexity index is 365. The largest absolute Gasteiger partial charge is 0.337 e. The summed E-state index contributed by atoms with van der Waals surface area (Å²) >= 11 is 0. The second kappa shape index (κ2) is 6.59. The molecule has 124 valence electrons. The van der Waals surface area contributed by atoms with Crippen LogP contribution in [0.2, 0.25) is 0 Å². The number of carbonyl (C=O) groups excluding carboxylic acids is 2. The molecular formula is C18H30N2O2. The average molecular weight is 306 g/mol. The van der Waals surface area contributed by atoms with Gasteiger partial charge in [-0.15, -0.1) is 0 Å². The van der Waals surface area contributed by atoms with E-state index in [1.54, 1.807) is 13.8 Å². The van der Waals surface area contributed by atoms with Gasteiger partial charge in [-0.1, -0.05) is 0 Å². The van der Waals surface area contributed by atoms with Gasteiger partial charge in [-0.25, -0.2) is 0 Å². The molecule has 2 amide bonds. The summed E-state index contributed by atoms with van der Waals surface area (Å²) in [5, 5.41) is 0. The molecule has 0 aromatic rings. The predicted molar refractivity (Wildman–Crippen MR) is 86.4 cm³/mol. The molecule has 4 heteroatoms. The van der Waals surface area contributed by atoms with E-state index in [0.29, 0.717) is 24.2 Å². The van der Waals surface area contributed by atoms with Crippen LogP contribution in [0.1, 0.15) is 78.1 Å². The van der Waals surface area contributed by atoms with Crippen LogP contribution in [0.25, 0.3) is 0 Å². The molecule has 4 bridgehead atoms. The zero-order chi connectivity index (χ0) is 15.7. The first kappa shape index (κ1) is 15.8. The first-order valence-electron chi connectivity index (χ1n) is 9.15. The smallest absolute Gasteiger partial charge is 0.219 e. The van der Waals surface area contributed by atoms with E-state index < -0.39 is 0 Å². The fraction of sp³-hybridized carbons (Fsp3) is 0.889. The summed E-state index contributed by atoms with van der Waals surface area (Å²) in [6.45, 7) is 3.41. The second-order valence-electron chi connectivity index (χ2n) is 7.48. The average Bonchev–Trinajstić information content (AvgIpc) is 2.90. The zero-order valence-electron chi connectivity index (χ0n) is 14.1. The fourth-order valence-electron chi connectivity index (χ4n) is 5.26. The summed E-state index contributed by atoms with van der Waals surface area (Å²) in [4.78, 5) is 26.6. The standard InChI is InChI=1S/2C9H15NO/c2*1-7(11)10-8-3-2-4-9(10)6-5-8/h2*8-9H,2-6H2,1H3. The molecule has 0 aromatic carbocycles. The van der Waals surface area contributed by atoms with Crippen LogP contribution in [0.5, 0.6) is 0 Å². The van der Waals surface area contributed by atoms with Gasteiger partial charge in [-0.2, -0.15) is 0 Å². The summed E-state index contributed by atoms with van der Waals surface area (Å²) in [7, 11) is 0. The first-order valence-corrected chi connectivity index (χ1v) is 9.15. The minimum atomic E-state index is 0.289. The van der Waals surface area contributed by atoms with Gasteiger partial charge in [0.2, 0.25) is 11.8 Å². The van der Waals surface area contributed by atoms with Gasteiger partial charge in [0.25, 0.3) is 0 Å². The summed E-state index contributed by atoms with van der Waals surface area (Å²) in [5.74, 6) is 0.578. The third kappa shape index (κ3) is 3.02. The van der Waals surface area contributed by atoms with Crippen molar-refractivity contribution in [3.63, 3.8) is 0 Å². The molecule has 0 radical (unpaired) electrons. The fourth-order valence-corrected chi connectivity index (χ4v) is 5.26. The van der Waals surface area contributed by atoms with Crippen molar-refractivity contribution in [3.05, 3.63) is 0 Å². The lowest BCUT2D eigenvalue weighted by atomic mass is 10.0. The quantitative estimate of drug-likeness (QED) is 0.690. The maximum atomic E-state index is 11.2. The molecule has 4 unspecified atom stereocenters. The summed E-state index contributed by atoms with van der Waals surface area (Å²) in [5.41, 5.74) is 0. The van der Waals surface area contributed by atoms with Gasteiger partial charge < -0.3 is 9.80 Å². The van der Waals surface area contributed by atoms with Crippen molar-refractivity contribution in [1.82, 2.24) is 9.80 Å². The molecule has 4 fully saturated rings. The van der Waals surface area contributed by atoms with Crippen LogP contribution in [0.3, 0.4) is 0 Å². The number of rotatable bonds is 0. The Labute approximate surface area is 134 Å². The molecular weight excluding hydrogens is 276 g/mol. The molecule has 4 saturated heterocycles. The van der Waals surface area contributed by atoms with E-state index in [-0.39, 0.29) is 11.8 Å². The molecule has 4 heterocycles. The third-order valence-corrected chi connectivity index (χ3v) is 6.12. The number of fused-ring (bicyclic) bond motifs is 4. The van der Waals surface area contributed by atoms with Crippen LogP contribution in [-0.4, -0.2) is 45.8 Å². The molecule has 0 aromatic heterocycles. The van der Waals surface area contributed by atoms with Crippen LogP contribution < -0.4 is 0 Å². The Morgan fingerprint density at radius 1 is 0.591 bits per heavy atom. The van der Waals surface area contributed by atoms with Gasteiger partial charge in [0.05, 0.1) is 0 Å². The van der Waals surface area contributed by atoms with E-state index >= 15 is 0 Å². The third-order valence-electron chi connectivity index (χ3n) is 6.12. The molecule has 4 nitrogen and oxygen atoms in total. The second-order valence-corrected chi connectivity index (χ2v) is 7.48. The molecule has 4 aliphatic rings. The number of nitrogens with zero attached hydrogens (tertiary/aromatic N) is 2. The van der Waals surface area contributed by atoms with Gasteiger partial charge in [0.15, 0.2) is 0 Å². The maximum Gasteiger partial charge on any atom is 0.219 e. The SMILES string of the molecule is CC(=O)N1C2CCCC1CC2.CC(=O)N1C2CCCC1CC2. The van der Waals surface area contributed by atoms with Crippen LogP contribution in [0, 0.1) is 0 Å². The molecule has 4 aliphatic heterocycles. The highest BCUT2D eigenvalue weighted by atomic mass is 16.2. The van der Waals surface area contributed by atoms with Crippen LogP contribution in [0.4, 0.5) is 0 Å². The van der Waals surface area contributed by atoms with E-state index in [1.807, 2.05) is 0 Å². The van der Waals surface area contributed by atoms with E-state index in [9.17, 15) is 9.59 Å². The Hall–Kier alpha value is -1.06. The Morgan fingerprint density at radius 2 is 0.864 bits per heavy atom. The van der Waals surface area contributed by atoms with E-state index in [2.05, 4.69) is 9.80 Å². The number of hydrogen-bond acceptors (Lipinski definition) is 2. The van der Waals surface area contributed by atoms with Crippen molar-refractivity contribution in [2.24, 2.45) is 0 Å². The minimum absolute atomic E-state index is 0.289. The lowest BCUT2D eigenvalue weighted by molar-refractivity contribution is -0.133. The highest BCUT2D eigenvalue weighted by molar-refractivity contribution is 5.74. The topological polar surface area (TPSA) is 40.6 Å². The first-order chi connectivity index (χ1) is 10.6. The normalized spacial score (nSPS) is 35.9. The van der Waals surface area contributed by atoms with Crippen LogP contribution >= 0.6 is 0 Å². The Balaban J connectivity index is 0.000000131. The number of amides is 2. The van der Waals surface area contributed by atoms with E-state index in [1.165, 1.54) is 64.2 Å². The van der Waals surface area contributed by atoms with Crippen LogP contribution in [-0.2, 0) is 9.59 Å². The van der Waals surface area contributed by atoms with Gasteiger partial charge in [-0.05, 0) is 64.2 Å². The molecule has 4 atom stereocenters. The van der Waals surface area contributed by atoms with Crippen molar-refractivity contribution >= 4 is 11.8 Å². The van der Waals surface area contributed by atoms with Crippen molar-refractivity contribution < 1.29 is 9.59 Å². The highest BCUT2D eigenvalue weighted by Gasteiger charge is 2.38. The van der Waals surface area contributed by atoms with E-state index in [0.717, 1.165) is 0 Å². The van der Waals surface area contributed by atoms with Crippen molar-refractivity contribution in [3.8, 4) is 0 Å². The number of hydrogen-bond donors (Lipinski definition) is 0. The van der Waals surface area contributed by atoms with Gasteiger partial charge in [-0.3, -0.25) is 9.59 Å². The molecule has 4 rings (SSSR count). The zero-order valence-corrected chi connectivity index (χ0v) is 14.1. The molecule has 22 heavy (non-hydrogen) atoms. The minimum Gasteiger partial charge on any atom is -0.337 e. The molecule has 0 spiro atoms. The monoisotopic (exact) mass is 306 g/mol. The lowest BCUT2D eigenvalue weighted by Gasteiger charge is -2.33. The Kier molecular flexibility index (Phi) is 4.74. The molecule has 0 N–H and O–H groups in total. The number of carbonyl (C=O) groups is 2. The van der Waals surface area contributed by atoms with Gasteiger partial charge >= 0.3 is 0 Å². The molecule has 0 saturated carbocycles. The predicted octanol–water partition coefficient (Wildman–Crippen LogP) is 3.10.